The number of oxazole rings is 1. The standard InChI is InChI=1S/C27H16N2O/c1-2-8-16(9-3-1)27-29-22-15-14-21-24(26(22)30-27)23-19-12-6-4-10-17(19)18-11-5-7-13-20(18)25(23)28-21/h1-15,28H. The minimum atomic E-state index is 0.651. The van der Waals surface area contributed by atoms with E-state index in [4.69, 9.17) is 9.40 Å². The van der Waals surface area contributed by atoms with E-state index in [-0.39, 0.29) is 0 Å². The molecule has 140 valence electrons. The second-order valence-electron chi connectivity index (χ2n) is 7.69. The average Bonchev–Trinajstić information content (AvgIpc) is 3.42. The molecule has 30 heavy (non-hydrogen) atoms. The summed E-state index contributed by atoms with van der Waals surface area (Å²) in [7, 11) is 0. The van der Waals surface area contributed by atoms with Crippen LogP contribution in [0.25, 0.3) is 65.9 Å². The molecule has 1 N–H and O–H groups in total. The van der Waals surface area contributed by atoms with Crippen molar-refractivity contribution in [1.82, 2.24) is 9.97 Å². The van der Waals surface area contributed by atoms with E-state index in [1.165, 1.54) is 26.9 Å². The van der Waals surface area contributed by atoms with Crippen molar-refractivity contribution in [3.63, 3.8) is 0 Å². The summed E-state index contributed by atoms with van der Waals surface area (Å²) in [5, 5.41) is 7.24. The van der Waals surface area contributed by atoms with Crippen LogP contribution in [0.2, 0.25) is 0 Å². The zero-order valence-corrected chi connectivity index (χ0v) is 16.0. The molecular formula is C27H16N2O. The minimum Gasteiger partial charge on any atom is -0.435 e. The number of nitrogens with zero attached hydrogens (tertiary/aromatic N) is 1. The lowest BCUT2D eigenvalue weighted by Crippen LogP contribution is -1.80. The summed E-state index contributed by atoms with van der Waals surface area (Å²) in [5.74, 6) is 0.651. The van der Waals surface area contributed by atoms with E-state index in [1.54, 1.807) is 0 Å². The Balaban J connectivity index is 1.72. The van der Waals surface area contributed by atoms with Crippen molar-refractivity contribution in [3.8, 4) is 11.5 Å². The molecule has 0 atom stereocenters. The van der Waals surface area contributed by atoms with E-state index in [0.717, 1.165) is 33.1 Å². The van der Waals surface area contributed by atoms with Gasteiger partial charge >= 0.3 is 0 Å². The lowest BCUT2D eigenvalue weighted by atomic mass is 9.97. The van der Waals surface area contributed by atoms with Crippen molar-refractivity contribution >= 4 is 54.5 Å². The fourth-order valence-corrected chi connectivity index (χ4v) is 4.71. The number of hydrogen-bond acceptors (Lipinski definition) is 2. The Morgan fingerprint density at radius 2 is 1.27 bits per heavy atom. The molecule has 2 aromatic heterocycles. The lowest BCUT2D eigenvalue weighted by Gasteiger charge is -2.07. The summed E-state index contributed by atoms with van der Waals surface area (Å²) < 4.78 is 6.36. The van der Waals surface area contributed by atoms with Crippen LogP contribution < -0.4 is 0 Å². The molecule has 0 aliphatic rings. The van der Waals surface area contributed by atoms with Gasteiger partial charge in [0.15, 0.2) is 5.58 Å². The van der Waals surface area contributed by atoms with Gasteiger partial charge in [0, 0.05) is 16.3 Å². The average molecular weight is 384 g/mol. The molecule has 0 fully saturated rings. The van der Waals surface area contributed by atoms with E-state index in [1.807, 2.05) is 36.4 Å². The van der Waals surface area contributed by atoms with E-state index >= 15 is 0 Å². The largest absolute Gasteiger partial charge is 0.435 e. The first kappa shape index (κ1) is 15.8. The highest BCUT2D eigenvalue weighted by molar-refractivity contribution is 6.34. The van der Waals surface area contributed by atoms with E-state index in [2.05, 4.69) is 59.6 Å². The number of rotatable bonds is 1. The Kier molecular flexibility index (Phi) is 3.00. The normalized spacial score (nSPS) is 12.0. The maximum Gasteiger partial charge on any atom is 0.227 e. The van der Waals surface area contributed by atoms with Gasteiger partial charge in [0.25, 0.3) is 0 Å². The molecule has 5 aromatic carbocycles. The summed E-state index contributed by atoms with van der Waals surface area (Å²) in [4.78, 5) is 8.45. The molecule has 0 bridgehead atoms. The van der Waals surface area contributed by atoms with Gasteiger partial charge in [-0.3, -0.25) is 0 Å². The quantitative estimate of drug-likeness (QED) is 0.299. The van der Waals surface area contributed by atoms with E-state index < -0.39 is 0 Å². The van der Waals surface area contributed by atoms with Gasteiger partial charge in [0.1, 0.15) is 5.52 Å². The first-order valence-electron chi connectivity index (χ1n) is 10.1. The predicted molar refractivity (Wildman–Crippen MR) is 124 cm³/mol. The van der Waals surface area contributed by atoms with Crippen LogP contribution >= 0.6 is 0 Å². The Bertz CT molecular complexity index is 1740. The van der Waals surface area contributed by atoms with Crippen LogP contribution in [0.15, 0.2) is 95.4 Å². The first-order chi connectivity index (χ1) is 14.9. The zero-order chi connectivity index (χ0) is 19.7. The smallest absolute Gasteiger partial charge is 0.227 e. The third-order valence-corrected chi connectivity index (χ3v) is 6.02. The molecule has 0 spiro atoms. The highest BCUT2D eigenvalue weighted by Crippen LogP contribution is 2.42. The second kappa shape index (κ2) is 5.71. The zero-order valence-electron chi connectivity index (χ0n) is 16.0. The summed E-state index contributed by atoms with van der Waals surface area (Å²) in [5.41, 5.74) is 4.90. The van der Waals surface area contributed by atoms with Gasteiger partial charge < -0.3 is 9.40 Å². The first-order valence-corrected chi connectivity index (χ1v) is 10.1. The molecule has 0 saturated carbocycles. The van der Waals surface area contributed by atoms with Gasteiger partial charge in [0.2, 0.25) is 5.89 Å². The number of benzene rings is 5. The summed E-state index contributed by atoms with van der Waals surface area (Å²) >= 11 is 0. The van der Waals surface area contributed by atoms with Gasteiger partial charge in [-0.2, -0.15) is 0 Å². The van der Waals surface area contributed by atoms with Crippen molar-refractivity contribution in [3.05, 3.63) is 91.0 Å². The maximum absolute atomic E-state index is 6.36. The molecule has 0 amide bonds. The van der Waals surface area contributed by atoms with Gasteiger partial charge in [-0.25, -0.2) is 4.98 Å². The summed E-state index contributed by atoms with van der Waals surface area (Å²) in [6.45, 7) is 0. The molecule has 0 radical (unpaired) electrons. The number of aromatic nitrogens is 2. The molecular weight excluding hydrogens is 368 g/mol. The lowest BCUT2D eigenvalue weighted by molar-refractivity contribution is 0.623. The van der Waals surface area contributed by atoms with Crippen LogP contribution in [0.4, 0.5) is 0 Å². The summed E-state index contributed by atoms with van der Waals surface area (Å²) in [6, 6.07) is 31.4. The van der Waals surface area contributed by atoms with Crippen molar-refractivity contribution in [2.75, 3.05) is 0 Å². The molecule has 7 rings (SSSR count). The van der Waals surface area contributed by atoms with Crippen LogP contribution in [0.5, 0.6) is 0 Å². The minimum absolute atomic E-state index is 0.651. The SMILES string of the molecule is c1ccc(-c2nc3ccc4[nH]c5c6ccccc6c6ccccc6c5c4c3o2)cc1. The Morgan fingerprint density at radius 1 is 0.600 bits per heavy atom. The van der Waals surface area contributed by atoms with Crippen LogP contribution in [0.1, 0.15) is 0 Å². The van der Waals surface area contributed by atoms with Crippen LogP contribution in [-0.2, 0) is 0 Å². The third kappa shape index (κ3) is 2.01. The highest BCUT2D eigenvalue weighted by Gasteiger charge is 2.18. The van der Waals surface area contributed by atoms with E-state index in [0.29, 0.717) is 5.89 Å². The number of fused-ring (bicyclic) bond motifs is 10. The fourth-order valence-electron chi connectivity index (χ4n) is 4.71. The molecule has 7 aromatic rings. The topological polar surface area (TPSA) is 41.8 Å². The summed E-state index contributed by atoms with van der Waals surface area (Å²) in [6.07, 6.45) is 0. The van der Waals surface area contributed by atoms with Crippen LogP contribution in [-0.4, -0.2) is 9.97 Å². The molecule has 3 heteroatoms. The monoisotopic (exact) mass is 384 g/mol. The molecule has 3 nitrogen and oxygen atoms in total. The van der Waals surface area contributed by atoms with Crippen LogP contribution in [0.3, 0.4) is 0 Å². The van der Waals surface area contributed by atoms with Crippen molar-refractivity contribution in [2.24, 2.45) is 0 Å². The van der Waals surface area contributed by atoms with Gasteiger partial charge in [-0.05, 0) is 40.4 Å². The van der Waals surface area contributed by atoms with Crippen molar-refractivity contribution < 1.29 is 4.42 Å². The van der Waals surface area contributed by atoms with E-state index in [9.17, 15) is 0 Å². The van der Waals surface area contributed by atoms with Gasteiger partial charge in [-0.15, -0.1) is 0 Å². The van der Waals surface area contributed by atoms with Gasteiger partial charge in [0.05, 0.1) is 16.4 Å². The molecule has 0 unspecified atom stereocenters. The second-order valence-corrected chi connectivity index (χ2v) is 7.69. The van der Waals surface area contributed by atoms with Crippen molar-refractivity contribution in [1.29, 1.82) is 0 Å². The Labute approximate surface area is 171 Å². The Hall–Kier alpha value is -4.11. The highest BCUT2D eigenvalue weighted by atomic mass is 16.3. The number of hydrogen-bond donors (Lipinski definition) is 1. The maximum atomic E-state index is 6.36. The molecule has 2 heterocycles. The Morgan fingerprint density at radius 3 is 2.07 bits per heavy atom. The molecule has 0 aliphatic carbocycles. The fraction of sp³-hybridized carbons (Fsp3) is 0. The number of nitrogens with one attached hydrogen (secondary N) is 1. The number of aromatic amines is 1. The third-order valence-electron chi connectivity index (χ3n) is 6.02. The number of H-pyrrole nitrogens is 1. The predicted octanol–water partition coefficient (Wildman–Crippen LogP) is 7.44. The van der Waals surface area contributed by atoms with Crippen molar-refractivity contribution in [2.45, 2.75) is 0 Å². The molecule has 0 saturated heterocycles. The van der Waals surface area contributed by atoms with Gasteiger partial charge in [-0.1, -0.05) is 66.7 Å². The van der Waals surface area contributed by atoms with Crippen LogP contribution in [0, 0.1) is 0 Å². The molecule has 0 aliphatic heterocycles.